The molecular weight excluding hydrogens is 946 g/mol. The molecule has 5 heterocycles. The molecule has 69 heavy (non-hydrogen) atoms. The van der Waals surface area contributed by atoms with Gasteiger partial charge in [0, 0.05) is 13.8 Å². The molecule has 3 amide bonds. The van der Waals surface area contributed by atoms with Crippen molar-refractivity contribution in [2.75, 3.05) is 46.2 Å². The fourth-order valence-electron chi connectivity index (χ4n) is 8.41. The van der Waals surface area contributed by atoms with Crippen molar-refractivity contribution in [1.29, 1.82) is 0 Å². The average Bonchev–Trinajstić information content (AvgIpc) is 3.32. The highest BCUT2D eigenvalue weighted by Crippen LogP contribution is 2.37. The normalized spacial score (nSPS) is 45.6. The number of hydrogen-bond donors (Lipinski definition) is 18. The van der Waals surface area contributed by atoms with Gasteiger partial charge in [-0.05, 0) is 0 Å². The van der Waals surface area contributed by atoms with Crippen LogP contribution in [0, 0.1) is 0 Å². The van der Waals surface area contributed by atoms with Gasteiger partial charge >= 0.3 is 0 Å². The second kappa shape index (κ2) is 25.9. The highest BCUT2D eigenvalue weighted by Gasteiger charge is 2.58. The van der Waals surface area contributed by atoms with Crippen molar-refractivity contribution in [3.63, 3.8) is 0 Å². The van der Waals surface area contributed by atoms with E-state index in [9.17, 15) is 91.0 Å². The van der Waals surface area contributed by atoms with Gasteiger partial charge in [-0.3, -0.25) is 14.4 Å². The highest BCUT2D eigenvalue weighted by molar-refractivity contribution is 5.73. The molecule has 0 bridgehead atoms. The Kier molecular flexibility index (Phi) is 21.5. The van der Waals surface area contributed by atoms with Crippen LogP contribution >= 0.6 is 0 Å². The number of hydrogen-bond acceptors (Lipinski definition) is 28. The molecule has 31 heteroatoms. The molecule has 0 spiro atoms. The van der Waals surface area contributed by atoms with Crippen LogP contribution < -0.4 is 16.0 Å². The molecule has 5 aliphatic heterocycles. The molecule has 0 saturated carbocycles. The van der Waals surface area contributed by atoms with Gasteiger partial charge in [-0.1, -0.05) is 0 Å². The molecule has 5 aliphatic rings. The molecule has 18 N–H and O–H groups in total. The van der Waals surface area contributed by atoms with Crippen molar-refractivity contribution >= 4 is 18.2 Å². The van der Waals surface area contributed by atoms with Gasteiger partial charge in [0.05, 0.1) is 52.3 Å². The van der Waals surface area contributed by atoms with Gasteiger partial charge in [-0.2, -0.15) is 0 Å². The molecular formula is C38H65N3O28. The first-order valence-electron chi connectivity index (χ1n) is 21.8. The first-order valence-corrected chi connectivity index (χ1v) is 21.8. The first kappa shape index (κ1) is 57.3. The van der Waals surface area contributed by atoms with Crippen molar-refractivity contribution in [2.45, 2.75) is 173 Å². The van der Waals surface area contributed by atoms with Gasteiger partial charge in [0.25, 0.3) is 0 Å². The smallest absolute Gasteiger partial charge is 0.217 e. The van der Waals surface area contributed by atoms with Gasteiger partial charge in [0.15, 0.2) is 31.5 Å². The SMILES string of the molecule is CC(=O)N[C@H]1[C@H](O[C@@H]2[C@@H](O)[C@H](O[C@H]3[C@H](O)[C@@H](O)[C@H](OC[C@@H](CO)NC=O)O[C@@H]3CO)O[C@H](CO)[C@@H]2O[C@@H]2O[C@H](CO)[C@H](O)[C@H](O[C@@H]3O[C@H](CO)[C@H](O)[C@H](O)[C@H]3O)[C@H]2NC(C)=O)O[C@H](CO)[C@@H](O)[C@@H]1O. The van der Waals surface area contributed by atoms with Crippen LogP contribution in [-0.4, -0.2) is 301 Å². The molecule has 0 aliphatic carbocycles. The highest BCUT2D eigenvalue weighted by atomic mass is 16.8. The Hall–Kier alpha value is -2.59. The monoisotopic (exact) mass is 1010 g/mol. The topological polar surface area (TPSA) is 483 Å². The number of carbonyl (C=O) groups is 3. The van der Waals surface area contributed by atoms with E-state index < -0.39 is 218 Å². The van der Waals surface area contributed by atoms with E-state index in [0.29, 0.717) is 0 Å². The summed E-state index contributed by atoms with van der Waals surface area (Å²) >= 11 is 0. The van der Waals surface area contributed by atoms with Crippen molar-refractivity contribution < 1.29 is 138 Å². The summed E-state index contributed by atoms with van der Waals surface area (Å²) in [5, 5.41) is 167. The van der Waals surface area contributed by atoms with Crippen molar-refractivity contribution in [2.24, 2.45) is 0 Å². The van der Waals surface area contributed by atoms with Gasteiger partial charge in [0.1, 0.15) is 122 Å². The Morgan fingerprint density at radius 1 is 0.464 bits per heavy atom. The van der Waals surface area contributed by atoms with E-state index in [-0.39, 0.29) is 6.41 Å². The summed E-state index contributed by atoms with van der Waals surface area (Å²) in [4.78, 5) is 36.0. The number of rotatable bonds is 21. The van der Waals surface area contributed by atoms with Crippen LogP contribution in [0.3, 0.4) is 0 Å². The fourth-order valence-corrected chi connectivity index (χ4v) is 8.41. The quantitative estimate of drug-likeness (QED) is 0.0475. The Bertz CT molecular complexity index is 1610. The molecule has 0 aromatic carbocycles. The summed E-state index contributed by atoms with van der Waals surface area (Å²) in [5.41, 5.74) is 0. The number of nitrogens with one attached hydrogen (secondary N) is 3. The lowest BCUT2D eigenvalue weighted by Crippen LogP contribution is -2.71. The molecule has 26 atom stereocenters. The molecule has 0 radical (unpaired) electrons. The summed E-state index contributed by atoms with van der Waals surface area (Å²) in [5.74, 6) is -1.65. The zero-order valence-electron chi connectivity index (χ0n) is 37.1. The third-order valence-corrected chi connectivity index (χ3v) is 12.1. The van der Waals surface area contributed by atoms with Gasteiger partial charge in [0.2, 0.25) is 18.2 Å². The predicted octanol–water partition coefficient (Wildman–Crippen LogP) is -12.5. The van der Waals surface area contributed by atoms with E-state index in [1.807, 2.05) is 0 Å². The van der Waals surface area contributed by atoms with Crippen LogP contribution in [0.2, 0.25) is 0 Å². The summed E-state index contributed by atoms with van der Waals surface area (Å²) in [6.07, 6.45) is -43.2. The number of aliphatic hydroxyl groups is 15. The minimum absolute atomic E-state index is 0.273. The van der Waals surface area contributed by atoms with E-state index >= 15 is 0 Å². The van der Waals surface area contributed by atoms with Gasteiger partial charge in [-0.25, -0.2) is 0 Å². The Labute approximate surface area is 391 Å². The van der Waals surface area contributed by atoms with E-state index in [1.165, 1.54) is 0 Å². The Balaban J connectivity index is 1.52. The molecule has 0 aromatic rings. The van der Waals surface area contributed by atoms with E-state index in [2.05, 4.69) is 16.0 Å². The minimum atomic E-state index is -2.27. The predicted molar refractivity (Wildman–Crippen MR) is 214 cm³/mol. The molecule has 5 rings (SSSR count). The average molecular weight is 1010 g/mol. The molecule has 31 nitrogen and oxygen atoms in total. The summed E-state index contributed by atoms with van der Waals surface area (Å²) in [7, 11) is 0. The summed E-state index contributed by atoms with van der Waals surface area (Å²) in [6, 6.07) is -4.43. The van der Waals surface area contributed by atoms with Gasteiger partial charge in [-0.15, -0.1) is 0 Å². The maximum atomic E-state index is 12.7. The van der Waals surface area contributed by atoms with Crippen LogP contribution in [0.15, 0.2) is 0 Å². The second-order valence-corrected chi connectivity index (χ2v) is 16.9. The van der Waals surface area contributed by atoms with E-state index in [1.54, 1.807) is 0 Å². The first-order chi connectivity index (χ1) is 32.8. The largest absolute Gasteiger partial charge is 0.394 e. The molecule has 0 aromatic heterocycles. The number of amides is 3. The van der Waals surface area contributed by atoms with Crippen LogP contribution in [0.1, 0.15) is 13.8 Å². The van der Waals surface area contributed by atoms with Crippen LogP contribution in [0.5, 0.6) is 0 Å². The third-order valence-electron chi connectivity index (χ3n) is 12.1. The lowest BCUT2D eigenvalue weighted by atomic mass is 9.93. The van der Waals surface area contributed by atoms with Crippen LogP contribution in [0.4, 0.5) is 0 Å². The van der Waals surface area contributed by atoms with Crippen molar-refractivity contribution in [3.05, 3.63) is 0 Å². The molecule has 0 unspecified atom stereocenters. The van der Waals surface area contributed by atoms with Crippen molar-refractivity contribution in [3.8, 4) is 0 Å². The molecule has 400 valence electrons. The fraction of sp³-hybridized carbons (Fsp3) is 0.921. The molecule has 5 fully saturated rings. The summed E-state index contributed by atoms with van der Waals surface area (Å²) < 4.78 is 58.3. The standard InChI is InChI=1S/C38H65N3O28/c1-11(49)40-19-24(54)21(51)14(4-43)61-34(19)69-33-29(59)38(66-30-17(7-46)64-36(28(58)26(30)56)60-9-13(3-42)39-10-48)65-18(8-47)31(33)67-35-20(41-12(2)50)32(23(53)16(6-45)62-35)68-37-27(57)25(55)22(52)15(5-44)63-37/h10,13-38,42-47,51-59H,3-9H2,1-2H3,(H,39,48)(H,40,49)(H,41,50)/t13-,14-,15-,16-,17-,18-,19-,20-,21-,22+,23+,24-,25+,26-,27-,28-,29-,30-,31+,32-,33-,34+,35+,36-,37+,38+/m1/s1. The van der Waals surface area contributed by atoms with Crippen molar-refractivity contribution in [1.82, 2.24) is 16.0 Å². The summed E-state index contributed by atoms with van der Waals surface area (Å²) in [6.45, 7) is -3.90. The number of carbonyl (C=O) groups excluding carboxylic acids is 3. The zero-order valence-corrected chi connectivity index (χ0v) is 37.1. The number of ether oxygens (including phenoxy) is 10. The van der Waals surface area contributed by atoms with Crippen LogP contribution in [0.25, 0.3) is 0 Å². The zero-order chi connectivity index (χ0) is 51.0. The molecule has 5 saturated heterocycles. The minimum Gasteiger partial charge on any atom is -0.394 e. The maximum Gasteiger partial charge on any atom is 0.217 e. The van der Waals surface area contributed by atoms with E-state index in [4.69, 9.17) is 47.4 Å². The number of aliphatic hydroxyl groups excluding tert-OH is 15. The van der Waals surface area contributed by atoms with E-state index in [0.717, 1.165) is 13.8 Å². The lowest BCUT2D eigenvalue weighted by Gasteiger charge is -2.51. The lowest BCUT2D eigenvalue weighted by molar-refractivity contribution is -0.394. The third kappa shape index (κ3) is 13.2. The maximum absolute atomic E-state index is 12.7. The Morgan fingerprint density at radius 3 is 1.43 bits per heavy atom. The second-order valence-electron chi connectivity index (χ2n) is 16.9. The Morgan fingerprint density at radius 2 is 0.884 bits per heavy atom. The van der Waals surface area contributed by atoms with Gasteiger partial charge < -0.3 is 140 Å². The van der Waals surface area contributed by atoms with Crippen LogP contribution in [-0.2, 0) is 61.8 Å².